The molecule has 0 aliphatic carbocycles. The van der Waals surface area contributed by atoms with Crippen molar-refractivity contribution in [3.63, 3.8) is 0 Å². The minimum absolute atomic E-state index is 0.177. The highest BCUT2D eigenvalue weighted by atomic mass is 16.2. The number of hydrogen-bond donors (Lipinski definition) is 0. The van der Waals surface area contributed by atoms with Crippen LogP contribution < -0.4 is 0 Å². The summed E-state index contributed by atoms with van der Waals surface area (Å²) in [5.41, 5.74) is 2.47. The van der Waals surface area contributed by atoms with E-state index in [-0.39, 0.29) is 5.41 Å². The first kappa shape index (κ1) is 18.8. The Kier molecular flexibility index (Phi) is 5.61. The van der Waals surface area contributed by atoms with Crippen molar-refractivity contribution in [3.05, 3.63) is 24.3 Å². The second-order valence-electron chi connectivity index (χ2n) is 8.49. The van der Waals surface area contributed by atoms with E-state index in [0.717, 1.165) is 56.7 Å². The van der Waals surface area contributed by atoms with Crippen LogP contribution in [0.1, 0.15) is 46.2 Å². The average molecular weight is 358 g/mol. The molecule has 1 amide bonds. The largest absolute Gasteiger partial charge is 0.340 e. The smallest absolute Gasteiger partial charge is 0.222 e. The van der Waals surface area contributed by atoms with Crippen molar-refractivity contribution in [3.8, 4) is 0 Å². The maximum atomic E-state index is 12.1. The monoisotopic (exact) mass is 357 g/mol. The quantitative estimate of drug-likeness (QED) is 0.826. The highest BCUT2D eigenvalue weighted by Gasteiger charge is 2.23. The van der Waals surface area contributed by atoms with Crippen molar-refractivity contribution in [1.82, 2.24) is 24.3 Å². The molecule has 26 heavy (non-hydrogen) atoms. The van der Waals surface area contributed by atoms with Crippen molar-refractivity contribution in [2.24, 2.45) is 5.41 Å². The summed E-state index contributed by atoms with van der Waals surface area (Å²) in [6.45, 7) is 14.2. The van der Waals surface area contributed by atoms with Crippen LogP contribution in [0.5, 0.6) is 0 Å². The number of fused-ring (bicyclic) bond motifs is 1. The molecule has 1 aliphatic heterocycles. The molecule has 2 aromatic heterocycles. The number of aromatic nitrogens is 3. The molecule has 0 atom stereocenters. The third-order valence-electron chi connectivity index (χ3n) is 4.85. The number of nitrogens with zero attached hydrogens (tertiary/aromatic N) is 5. The molecule has 6 heteroatoms. The molecule has 2 aromatic rings. The third-order valence-corrected chi connectivity index (χ3v) is 4.85. The van der Waals surface area contributed by atoms with E-state index in [9.17, 15) is 4.79 Å². The minimum atomic E-state index is 0.177. The van der Waals surface area contributed by atoms with Crippen LogP contribution in [-0.2, 0) is 17.9 Å². The van der Waals surface area contributed by atoms with Gasteiger partial charge in [-0.25, -0.2) is 9.97 Å². The summed E-state index contributed by atoms with van der Waals surface area (Å²) in [5.74, 6) is 0.296. The fourth-order valence-electron chi connectivity index (χ4n) is 3.59. The SMILES string of the molecule is CCCC(=O)N1CCN(Cc2cc3cncnc3n2CC(C)(C)C)CC1. The lowest BCUT2D eigenvalue weighted by atomic mass is 9.97. The topological polar surface area (TPSA) is 54.3 Å². The van der Waals surface area contributed by atoms with Gasteiger partial charge in [-0.05, 0) is 17.9 Å². The van der Waals surface area contributed by atoms with E-state index in [2.05, 4.69) is 53.2 Å². The third kappa shape index (κ3) is 4.41. The van der Waals surface area contributed by atoms with E-state index >= 15 is 0 Å². The highest BCUT2D eigenvalue weighted by molar-refractivity contribution is 5.76. The first-order valence-electron chi connectivity index (χ1n) is 9.65. The van der Waals surface area contributed by atoms with E-state index in [1.807, 2.05) is 11.1 Å². The molecule has 3 heterocycles. The van der Waals surface area contributed by atoms with Gasteiger partial charge in [0.25, 0.3) is 0 Å². The highest BCUT2D eigenvalue weighted by Crippen LogP contribution is 2.25. The fraction of sp³-hybridized carbons (Fsp3) is 0.650. The number of carbonyl (C=O) groups is 1. The van der Waals surface area contributed by atoms with Gasteiger partial charge in [0.05, 0.1) is 0 Å². The molecule has 1 fully saturated rings. The average Bonchev–Trinajstić information content (AvgIpc) is 2.92. The maximum Gasteiger partial charge on any atom is 0.222 e. The number of piperazine rings is 1. The summed E-state index contributed by atoms with van der Waals surface area (Å²) in [4.78, 5) is 25.2. The molecular weight excluding hydrogens is 326 g/mol. The molecule has 0 bridgehead atoms. The Labute approximate surface area is 156 Å². The van der Waals surface area contributed by atoms with E-state index in [4.69, 9.17) is 0 Å². The first-order chi connectivity index (χ1) is 12.4. The van der Waals surface area contributed by atoms with Crippen LogP contribution in [0.3, 0.4) is 0 Å². The molecule has 0 N–H and O–H groups in total. The zero-order chi connectivity index (χ0) is 18.7. The molecular formula is C20H31N5O. The van der Waals surface area contributed by atoms with Gasteiger partial charge in [0, 0.05) is 63.0 Å². The van der Waals surface area contributed by atoms with Crippen LogP contribution >= 0.6 is 0 Å². The van der Waals surface area contributed by atoms with Gasteiger partial charge in [-0.15, -0.1) is 0 Å². The van der Waals surface area contributed by atoms with Crippen LogP contribution in [0.4, 0.5) is 0 Å². The van der Waals surface area contributed by atoms with Gasteiger partial charge in [-0.1, -0.05) is 27.7 Å². The normalized spacial score (nSPS) is 16.4. The number of rotatable bonds is 5. The van der Waals surface area contributed by atoms with Crippen LogP contribution in [0.15, 0.2) is 18.6 Å². The Bertz CT molecular complexity index is 753. The first-order valence-corrected chi connectivity index (χ1v) is 9.65. The predicted molar refractivity (Wildman–Crippen MR) is 104 cm³/mol. The predicted octanol–water partition coefficient (Wildman–Crippen LogP) is 2.92. The summed E-state index contributed by atoms with van der Waals surface area (Å²) in [6.07, 6.45) is 5.11. The Morgan fingerprint density at radius 2 is 1.92 bits per heavy atom. The molecule has 6 nitrogen and oxygen atoms in total. The van der Waals surface area contributed by atoms with Crippen molar-refractivity contribution in [2.45, 2.75) is 53.6 Å². The van der Waals surface area contributed by atoms with Crippen LogP contribution in [0.25, 0.3) is 11.0 Å². The summed E-state index contributed by atoms with van der Waals surface area (Å²) in [6, 6.07) is 2.22. The van der Waals surface area contributed by atoms with Crippen molar-refractivity contribution in [2.75, 3.05) is 26.2 Å². The summed E-state index contributed by atoms with van der Waals surface area (Å²) in [7, 11) is 0. The Morgan fingerprint density at radius 1 is 1.19 bits per heavy atom. The standard InChI is InChI=1S/C20H31N5O/c1-5-6-18(26)24-9-7-23(8-10-24)13-17-11-16-12-21-15-22-19(16)25(17)14-20(2,3)4/h11-12,15H,5-10,13-14H2,1-4H3. The van der Waals surface area contributed by atoms with Gasteiger partial charge in [0.15, 0.2) is 0 Å². The molecule has 0 spiro atoms. The van der Waals surface area contributed by atoms with Crippen molar-refractivity contribution in [1.29, 1.82) is 0 Å². The Balaban J connectivity index is 1.73. The Hall–Kier alpha value is -1.95. The van der Waals surface area contributed by atoms with Gasteiger partial charge in [-0.3, -0.25) is 9.69 Å². The second kappa shape index (κ2) is 7.74. The molecule has 1 saturated heterocycles. The zero-order valence-electron chi connectivity index (χ0n) is 16.5. The van der Waals surface area contributed by atoms with E-state index in [1.54, 1.807) is 6.33 Å². The number of hydrogen-bond acceptors (Lipinski definition) is 4. The number of carbonyl (C=O) groups excluding carboxylic acids is 1. The molecule has 3 rings (SSSR count). The van der Waals surface area contributed by atoms with Crippen LogP contribution in [-0.4, -0.2) is 56.4 Å². The van der Waals surface area contributed by atoms with Gasteiger partial charge in [0.1, 0.15) is 12.0 Å². The summed E-state index contributed by atoms with van der Waals surface area (Å²) >= 11 is 0. The van der Waals surface area contributed by atoms with E-state index in [1.165, 1.54) is 5.69 Å². The summed E-state index contributed by atoms with van der Waals surface area (Å²) in [5, 5.41) is 1.10. The second-order valence-corrected chi connectivity index (χ2v) is 8.49. The molecule has 142 valence electrons. The molecule has 1 aliphatic rings. The van der Waals surface area contributed by atoms with Crippen molar-refractivity contribution >= 4 is 16.9 Å². The van der Waals surface area contributed by atoms with Crippen LogP contribution in [0.2, 0.25) is 0 Å². The maximum absolute atomic E-state index is 12.1. The lowest BCUT2D eigenvalue weighted by molar-refractivity contribution is -0.133. The van der Waals surface area contributed by atoms with E-state index in [0.29, 0.717) is 12.3 Å². The molecule has 0 saturated carbocycles. The summed E-state index contributed by atoms with van der Waals surface area (Å²) < 4.78 is 2.34. The van der Waals surface area contributed by atoms with Gasteiger partial charge in [-0.2, -0.15) is 0 Å². The van der Waals surface area contributed by atoms with Gasteiger partial charge < -0.3 is 9.47 Å². The van der Waals surface area contributed by atoms with Gasteiger partial charge in [0.2, 0.25) is 5.91 Å². The molecule has 0 radical (unpaired) electrons. The van der Waals surface area contributed by atoms with Gasteiger partial charge >= 0.3 is 0 Å². The fourth-order valence-corrected chi connectivity index (χ4v) is 3.59. The van der Waals surface area contributed by atoms with E-state index < -0.39 is 0 Å². The van der Waals surface area contributed by atoms with Crippen molar-refractivity contribution < 1.29 is 4.79 Å². The lowest BCUT2D eigenvalue weighted by Crippen LogP contribution is -2.48. The minimum Gasteiger partial charge on any atom is -0.340 e. The Morgan fingerprint density at radius 3 is 2.58 bits per heavy atom. The van der Waals surface area contributed by atoms with Crippen LogP contribution in [0, 0.1) is 5.41 Å². The molecule has 0 aromatic carbocycles. The molecule has 0 unspecified atom stereocenters. The zero-order valence-corrected chi connectivity index (χ0v) is 16.5. The lowest BCUT2D eigenvalue weighted by Gasteiger charge is -2.35. The number of amides is 1.